The maximum Gasteiger partial charge on any atom is 0.265 e. The van der Waals surface area contributed by atoms with Crippen molar-refractivity contribution in [3.05, 3.63) is 71.8 Å². The minimum atomic E-state index is -3.55. The van der Waals surface area contributed by atoms with Gasteiger partial charge in [0, 0.05) is 24.9 Å². The molecule has 1 N–H and O–H groups in total. The van der Waals surface area contributed by atoms with Gasteiger partial charge in [-0.3, -0.25) is 9.10 Å². The molecule has 0 fully saturated rings. The van der Waals surface area contributed by atoms with Crippen LogP contribution < -0.4 is 9.62 Å². The second kappa shape index (κ2) is 7.28. The highest BCUT2D eigenvalue weighted by Crippen LogP contribution is 2.41. The summed E-state index contributed by atoms with van der Waals surface area (Å²) in [7, 11) is -3.55. The summed E-state index contributed by atoms with van der Waals surface area (Å²) in [5, 5.41) is 4.58. The van der Waals surface area contributed by atoms with Gasteiger partial charge in [-0.1, -0.05) is 54.1 Å². The van der Waals surface area contributed by atoms with Crippen LogP contribution in [0.3, 0.4) is 0 Å². The molecule has 3 aromatic rings. The van der Waals surface area contributed by atoms with Gasteiger partial charge in [0.1, 0.15) is 0 Å². The fraction of sp³-hybridized carbons (Fsp3) is 0.227. The standard InChI is InChI=1S/C22H22N2O3S/c1-16-10-12-17(13-11-16)15-23-21(25)9-4-14-24-19-7-2-5-18-6-3-8-20(22(18)19)28(24,26)27/h2-3,5-8,10-13H,4,9,14-15H2,1H3,(H,23,25). The maximum absolute atomic E-state index is 12.9. The molecule has 1 amide bonds. The topological polar surface area (TPSA) is 66.5 Å². The molecule has 0 aromatic heterocycles. The third-order valence-electron chi connectivity index (χ3n) is 5.06. The van der Waals surface area contributed by atoms with E-state index < -0.39 is 10.0 Å². The van der Waals surface area contributed by atoms with Crippen LogP contribution in [0.2, 0.25) is 0 Å². The first-order valence-corrected chi connectivity index (χ1v) is 10.8. The lowest BCUT2D eigenvalue weighted by Crippen LogP contribution is -2.30. The van der Waals surface area contributed by atoms with Gasteiger partial charge < -0.3 is 5.32 Å². The first-order chi connectivity index (χ1) is 13.5. The molecule has 0 saturated heterocycles. The lowest BCUT2D eigenvalue weighted by atomic mass is 10.1. The van der Waals surface area contributed by atoms with E-state index in [2.05, 4.69) is 5.32 Å². The van der Waals surface area contributed by atoms with Crippen LogP contribution in [0.15, 0.2) is 65.6 Å². The summed E-state index contributed by atoms with van der Waals surface area (Å²) in [6.45, 7) is 2.79. The summed E-state index contributed by atoms with van der Waals surface area (Å²) in [6.07, 6.45) is 0.744. The number of nitrogens with zero attached hydrogens (tertiary/aromatic N) is 1. The largest absolute Gasteiger partial charge is 0.352 e. The molecule has 0 unspecified atom stereocenters. The van der Waals surface area contributed by atoms with Crippen LogP contribution in [0.1, 0.15) is 24.0 Å². The number of nitrogens with one attached hydrogen (secondary N) is 1. The molecule has 1 heterocycles. The monoisotopic (exact) mass is 394 g/mol. The Kier molecular flexibility index (Phi) is 4.81. The molecule has 4 rings (SSSR count). The predicted octanol–water partition coefficient (Wildman–Crippen LogP) is 3.75. The van der Waals surface area contributed by atoms with Crippen molar-refractivity contribution in [2.24, 2.45) is 0 Å². The van der Waals surface area contributed by atoms with Crippen molar-refractivity contribution in [3.8, 4) is 0 Å². The van der Waals surface area contributed by atoms with Gasteiger partial charge in [0.15, 0.2) is 0 Å². The van der Waals surface area contributed by atoms with Crippen molar-refractivity contribution in [1.82, 2.24) is 5.32 Å². The zero-order chi connectivity index (χ0) is 19.7. The molecule has 6 heteroatoms. The van der Waals surface area contributed by atoms with Crippen LogP contribution in [0.25, 0.3) is 10.8 Å². The highest BCUT2D eigenvalue weighted by molar-refractivity contribution is 7.93. The Hall–Kier alpha value is -2.86. The first-order valence-electron chi connectivity index (χ1n) is 9.33. The Labute approximate surface area is 165 Å². The number of hydrogen-bond acceptors (Lipinski definition) is 3. The van der Waals surface area contributed by atoms with Crippen molar-refractivity contribution in [2.45, 2.75) is 31.2 Å². The number of benzene rings is 3. The summed E-state index contributed by atoms with van der Waals surface area (Å²) < 4.78 is 27.2. The number of aryl methyl sites for hydroxylation is 1. The molecule has 5 nitrogen and oxygen atoms in total. The third-order valence-corrected chi connectivity index (χ3v) is 6.91. The predicted molar refractivity (Wildman–Crippen MR) is 111 cm³/mol. The number of rotatable bonds is 6. The van der Waals surface area contributed by atoms with Gasteiger partial charge in [0.25, 0.3) is 10.0 Å². The molecule has 1 aliphatic rings. The van der Waals surface area contributed by atoms with E-state index in [-0.39, 0.29) is 18.9 Å². The minimum Gasteiger partial charge on any atom is -0.352 e. The van der Waals surface area contributed by atoms with Crippen LogP contribution in [-0.2, 0) is 21.4 Å². The van der Waals surface area contributed by atoms with E-state index in [0.29, 0.717) is 23.5 Å². The lowest BCUT2D eigenvalue weighted by molar-refractivity contribution is -0.121. The summed E-state index contributed by atoms with van der Waals surface area (Å²) in [5.41, 5.74) is 2.93. The Bertz CT molecular complexity index is 1130. The van der Waals surface area contributed by atoms with Crippen LogP contribution in [0, 0.1) is 6.92 Å². The minimum absolute atomic E-state index is 0.0760. The van der Waals surface area contributed by atoms with Crippen molar-refractivity contribution >= 4 is 32.4 Å². The van der Waals surface area contributed by atoms with Crippen molar-refractivity contribution < 1.29 is 13.2 Å². The van der Waals surface area contributed by atoms with E-state index >= 15 is 0 Å². The van der Waals surface area contributed by atoms with Crippen molar-refractivity contribution in [2.75, 3.05) is 10.8 Å². The molecule has 28 heavy (non-hydrogen) atoms. The summed E-state index contributed by atoms with van der Waals surface area (Å²) in [5.74, 6) is -0.0760. The van der Waals surface area contributed by atoms with Gasteiger partial charge in [0.05, 0.1) is 10.6 Å². The second-order valence-corrected chi connectivity index (χ2v) is 8.91. The summed E-state index contributed by atoms with van der Waals surface area (Å²) in [6, 6.07) is 18.9. The van der Waals surface area contributed by atoms with Gasteiger partial charge in [-0.05, 0) is 36.4 Å². The van der Waals surface area contributed by atoms with Gasteiger partial charge in [0.2, 0.25) is 5.91 Å². The zero-order valence-corrected chi connectivity index (χ0v) is 16.5. The van der Waals surface area contributed by atoms with Gasteiger partial charge in [-0.25, -0.2) is 8.42 Å². The first kappa shape index (κ1) is 18.5. The Morgan fingerprint density at radius 3 is 2.46 bits per heavy atom. The quantitative estimate of drug-likeness (QED) is 0.692. The average Bonchev–Trinajstić information content (AvgIpc) is 2.91. The van der Waals surface area contributed by atoms with E-state index in [9.17, 15) is 13.2 Å². The molecule has 0 atom stereocenters. The van der Waals surface area contributed by atoms with Gasteiger partial charge >= 0.3 is 0 Å². The van der Waals surface area contributed by atoms with Crippen molar-refractivity contribution in [3.63, 3.8) is 0 Å². The molecular weight excluding hydrogens is 372 g/mol. The normalized spacial score (nSPS) is 14.4. The smallest absolute Gasteiger partial charge is 0.265 e. The number of anilines is 1. The Balaban J connectivity index is 1.38. The van der Waals surface area contributed by atoms with E-state index in [1.165, 1.54) is 9.87 Å². The molecule has 144 valence electrons. The Morgan fingerprint density at radius 2 is 1.71 bits per heavy atom. The van der Waals surface area contributed by atoms with E-state index in [1.807, 2.05) is 55.5 Å². The van der Waals surface area contributed by atoms with Gasteiger partial charge in [-0.2, -0.15) is 0 Å². The number of hydrogen-bond donors (Lipinski definition) is 1. The van der Waals surface area contributed by atoms with Crippen molar-refractivity contribution in [1.29, 1.82) is 0 Å². The lowest BCUT2D eigenvalue weighted by Gasteiger charge is -2.18. The molecule has 0 bridgehead atoms. The van der Waals surface area contributed by atoms with Crippen LogP contribution in [0.4, 0.5) is 5.69 Å². The molecule has 0 spiro atoms. The van der Waals surface area contributed by atoms with Crippen LogP contribution >= 0.6 is 0 Å². The van der Waals surface area contributed by atoms with E-state index in [1.54, 1.807) is 12.1 Å². The molecule has 3 aromatic carbocycles. The Morgan fingerprint density at radius 1 is 1.00 bits per heavy atom. The fourth-order valence-electron chi connectivity index (χ4n) is 3.58. The SMILES string of the molecule is Cc1ccc(CNC(=O)CCCN2c3cccc4cccc(c34)S2(=O)=O)cc1. The molecule has 0 aliphatic carbocycles. The summed E-state index contributed by atoms with van der Waals surface area (Å²) >= 11 is 0. The molecule has 1 aliphatic heterocycles. The number of amides is 1. The second-order valence-electron chi connectivity index (χ2n) is 7.07. The summed E-state index contributed by atoms with van der Waals surface area (Å²) in [4.78, 5) is 12.5. The van der Waals surface area contributed by atoms with E-state index in [0.717, 1.165) is 16.3 Å². The number of sulfonamides is 1. The maximum atomic E-state index is 12.9. The zero-order valence-electron chi connectivity index (χ0n) is 15.7. The highest BCUT2D eigenvalue weighted by atomic mass is 32.2. The number of carbonyl (C=O) groups is 1. The van der Waals surface area contributed by atoms with Gasteiger partial charge in [-0.15, -0.1) is 0 Å². The van der Waals surface area contributed by atoms with Crippen LogP contribution in [0.5, 0.6) is 0 Å². The van der Waals surface area contributed by atoms with E-state index in [4.69, 9.17) is 0 Å². The highest BCUT2D eigenvalue weighted by Gasteiger charge is 2.34. The molecular formula is C22H22N2O3S. The van der Waals surface area contributed by atoms with Crippen LogP contribution in [-0.4, -0.2) is 20.9 Å². The number of carbonyl (C=O) groups excluding carboxylic acids is 1. The average molecular weight is 394 g/mol. The molecule has 0 saturated carbocycles. The third kappa shape index (κ3) is 3.36. The molecule has 0 radical (unpaired) electrons. The fourth-order valence-corrected chi connectivity index (χ4v) is 5.33.